The third-order valence-electron chi connectivity index (χ3n) is 2.80. The van der Waals surface area contributed by atoms with Crippen LogP contribution < -0.4 is 0 Å². The maximum atomic E-state index is 12.6. The van der Waals surface area contributed by atoms with Crippen molar-refractivity contribution in [2.45, 2.75) is 24.6 Å². The van der Waals surface area contributed by atoms with Crippen LogP contribution in [-0.4, -0.2) is 21.8 Å². The molecule has 82 valence electrons. The molecule has 0 aromatic rings. The molecular weight excluding hydrogens is 237 g/mol. The molecule has 1 fully saturated rings. The fourth-order valence-electron chi connectivity index (χ4n) is 1.90. The molecule has 1 aliphatic rings. The summed E-state index contributed by atoms with van der Waals surface area (Å²) in [6.45, 7) is 3.18. The molecular formula is C8H10Cl2F2O2. The van der Waals surface area contributed by atoms with E-state index in [9.17, 15) is 13.6 Å². The normalized spacial score (nSPS) is 32.4. The van der Waals surface area contributed by atoms with E-state index in [1.165, 1.54) is 0 Å². The highest BCUT2D eigenvalue weighted by Crippen LogP contribution is 2.63. The molecule has 0 aliphatic heterocycles. The highest BCUT2D eigenvalue weighted by Gasteiger charge is 2.68. The lowest BCUT2D eigenvalue weighted by molar-refractivity contribution is -0.139. The van der Waals surface area contributed by atoms with Crippen LogP contribution in [0.2, 0.25) is 0 Å². The van der Waals surface area contributed by atoms with Crippen molar-refractivity contribution in [3.63, 3.8) is 0 Å². The molecule has 3 atom stereocenters. The van der Waals surface area contributed by atoms with Crippen LogP contribution in [0.1, 0.15) is 13.8 Å². The van der Waals surface area contributed by atoms with Crippen LogP contribution in [0.15, 0.2) is 0 Å². The molecule has 1 saturated carbocycles. The van der Waals surface area contributed by atoms with Gasteiger partial charge in [-0.25, -0.2) is 0 Å². The summed E-state index contributed by atoms with van der Waals surface area (Å²) in [6, 6.07) is 0. The largest absolute Gasteiger partial charge is 0.481 e. The first-order valence-electron chi connectivity index (χ1n) is 4.03. The van der Waals surface area contributed by atoms with E-state index in [0.29, 0.717) is 0 Å². The molecule has 0 saturated heterocycles. The maximum absolute atomic E-state index is 12.6. The highest BCUT2D eigenvalue weighted by atomic mass is 35.5. The molecule has 0 heterocycles. The van der Waals surface area contributed by atoms with Crippen LogP contribution in [0, 0.1) is 17.3 Å². The molecule has 0 amide bonds. The molecule has 1 aliphatic carbocycles. The fraction of sp³-hybridized carbons (Fsp3) is 0.875. The Bertz CT molecular complexity index is 263. The molecule has 1 rings (SSSR count). The number of carboxylic acids is 1. The van der Waals surface area contributed by atoms with E-state index in [2.05, 4.69) is 0 Å². The predicted molar refractivity (Wildman–Crippen MR) is 48.8 cm³/mol. The number of alkyl halides is 4. The van der Waals surface area contributed by atoms with Crippen molar-refractivity contribution in [1.82, 2.24) is 0 Å². The summed E-state index contributed by atoms with van der Waals surface area (Å²) in [4.78, 5) is 10.7. The molecule has 6 heteroatoms. The van der Waals surface area contributed by atoms with Crippen molar-refractivity contribution in [1.29, 1.82) is 0 Å². The minimum Gasteiger partial charge on any atom is -0.481 e. The Labute approximate surface area is 90.2 Å². The number of carboxylic acid groups (broad SMARTS) is 1. The highest BCUT2D eigenvalue weighted by molar-refractivity contribution is 6.31. The summed E-state index contributed by atoms with van der Waals surface area (Å²) in [5, 5.41) is 3.53. The fourth-order valence-corrected chi connectivity index (χ4v) is 2.51. The van der Waals surface area contributed by atoms with Gasteiger partial charge in [-0.1, -0.05) is 13.8 Å². The number of halogens is 4. The van der Waals surface area contributed by atoms with Crippen molar-refractivity contribution in [3.8, 4) is 0 Å². The van der Waals surface area contributed by atoms with Crippen LogP contribution in [0.5, 0.6) is 0 Å². The van der Waals surface area contributed by atoms with Crippen LogP contribution in [0.25, 0.3) is 0 Å². The summed E-state index contributed by atoms with van der Waals surface area (Å²) in [6.07, 6.45) is 0. The Balaban J connectivity index is 2.79. The van der Waals surface area contributed by atoms with Gasteiger partial charge in [0, 0.05) is 5.92 Å². The number of aliphatic carboxylic acids is 1. The third-order valence-corrected chi connectivity index (χ3v) is 3.70. The second kappa shape index (κ2) is 3.20. The summed E-state index contributed by atoms with van der Waals surface area (Å²) in [5.74, 6) is -2.73. The minimum atomic E-state index is -3.56. The molecule has 3 unspecified atom stereocenters. The Morgan fingerprint density at radius 2 is 2.00 bits per heavy atom. The van der Waals surface area contributed by atoms with E-state index in [-0.39, 0.29) is 0 Å². The van der Waals surface area contributed by atoms with Gasteiger partial charge in [0.15, 0.2) is 0 Å². The second-order valence-electron chi connectivity index (χ2n) is 4.11. The lowest BCUT2D eigenvalue weighted by atomic mass is 10.1. The van der Waals surface area contributed by atoms with E-state index in [1.807, 2.05) is 0 Å². The van der Waals surface area contributed by atoms with Gasteiger partial charge in [-0.05, 0) is 17.0 Å². The smallest absolute Gasteiger partial charge is 0.338 e. The minimum absolute atomic E-state index is 0.712. The quantitative estimate of drug-likeness (QED) is 0.778. The van der Waals surface area contributed by atoms with Gasteiger partial charge >= 0.3 is 11.4 Å². The van der Waals surface area contributed by atoms with Crippen LogP contribution >= 0.6 is 23.2 Å². The first-order valence-corrected chi connectivity index (χ1v) is 4.85. The third kappa shape index (κ3) is 1.82. The monoisotopic (exact) mass is 246 g/mol. The Morgan fingerprint density at radius 3 is 2.21 bits per heavy atom. The van der Waals surface area contributed by atoms with Crippen LogP contribution in [0.4, 0.5) is 8.78 Å². The maximum Gasteiger partial charge on any atom is 0.338 e. The van der Waals surface area contributed by atoms with Gasteiger partial charge in [-0.2, -0.15) is 8.78 Å². The summed E-state index contributed by atoms with van der Waals surface area (Å²) in [5.41, 5.74) is -0.712. The Kier molecular flexibility index (Phi) is 2.74. The zero-order chi connectivity index (χ0) is 11.3. The standard InChI is InChI=1S/C8H10Cl2F2O2/c1-7(2)3(4(7)6(13)14)5(9)8(10,11)12/h3-5H,1-2H3,(H,13,14). The summed E-state index contributed by atoms with van der Waals surface area (Å²) >= 11 is 10.2. The zero-order valence-electron chi connectivity index (χ0n) is 7.60. The van der Waals surface area contributed by atoms with E-state index in [0.717, 1.165) is 0 Å². The van der Waals surface area contributed by atoms with Crippen molar-refractivity contribution < 1.29 is 18.7 Å². The predicted octanol–water partition coefficient (Wildman–Crippen LogP) is 2.78. The number of hydrogen-bond acceptors (Lipinski definition) is 1. The van der Waals surface area contributed by atoms with Crippen molar-refractivity contribution in [2.75, 3.05) is 0 Å². The summed E-state index contributed by atoms with van der Waals surface area (Å²) in [7, 11) is 0. The average Bonchev–Trinajstić information content (AvgIpc) is 2.49. The molecule has 0 radical (unpaired) electrons. The molecule has 0 spiro atoms. The van der Waals surface area contributed by atoms with Gasteiger partial charge < -0.3 is 5.11 Å². The van der Waals surface area contributed by atoms with E-state index >= 15 is 0 Å². The molecule has 14 heavy (non-hydrogen) atoms. The van der Waals surface area contributed by atoms with Gasteiger partial charge in [0.05, 0.1) is 5.92 Å². The van der Waals surface area contributed by atoms with Crippen LogP contribution in [0.3, 0.4) is 0 Å². The second-order valence-corrected chi connectivity index (χ2v) is 5.08. The topological polar surface area (TPSA) is 37.3 Å². The first-order chi connectivity index (χ1) is 6.10. The molecule has 2 nitrogen and oxygen atoms in total. The van der Waals surface area contributed by atoms with Crippen LogP contribution in [-0.2, 0) is 4.79 Å². The first kappa shape index (κ1) is 12.0. The molecule has 1 N–H and O–H groups in total. The molecule has 0 aromatic heterocycles. The Morgan fingerprint density at radius 1 is 1.57 bits per heavy atom. The van der Waals surface area contributed by atoms with E-state index < -0.39 is 34.0 Å². The lowest BCUT2D eigenvalue weighted by Gasteiger charge is -2.15. The zero-order valence-corrected chi connectivity index (χ0v) is 9.11. The van der Waals surface area contributed by atoms with Gasteiger partial charge in [-0.15, -0.1) is 11.6 Å². The number of hydrogen-bond donors (Lipinski definition) is 1. The number of carbonyl (C=O) groups is 1. The van der Waals surface area contributed by atoms with Gasteiger partial charge in [-0.3, -0.25) is 4.79 Å². The van der Waals surface area contributed by atoms with Crippen molar-refractivity contribution >= 4 is 29.2 Å². The lowest BCUT2D eigenvalue weighted by Crippen LogP contribution is -2.26. The van der Waals surface area contributed by atoms with E-state index in [4.69, 9.17) is 28.3 Å². The molecule has 0 aromatic carbocycles. The van der Waals surface area contributed by atoms with Gasteiger partial charge in [0.25, 0.3) is 0 Å². The van der Waals surface area contributed by atoms with Gasteiger partial charge in [0.2, 0.25) is 0 Å². The summed E-state index contributed by atoms with van der Waals surface area (Å²) < 4.78 is 25.3. The molecule has 0 bridgehead atoms. The number of rotatable bonds is 3. The SMILES string of the molecule is CC1(C)C(C(=O)O)C1C(Cl)C(F)(F)Cl. The van der Waals surface area contributed by atoms with E-state index in [1.54, 1.807) is 13.8 Å². The van der Waals surface area contributed by atoms with Gasteiger partial charge in [0.1, 0.15) is 5.38 Å². The van der Waals surface area contributed by atoms with Crippen molar-refractivity contribution in [2.24, 2.45) is 17.3 Å². The Hall–Kier alpha value is -0.0900. The van der Waals surface area contributed by atoms with Crippen molar-refractivity contribution in [3.05, 3.63) is 0 Å². The average molecular weight is 247 g/mol.